The van der Waals surface area contributed by atoms with Crippen LogP contribution in [0.2, 0.25) is 0 Å². The number of ether oxygens (including phenoxy) is 1. The molecule has 0 aromatic rings. The average molecular weight is 255 g/mol. The van der Waals surface area contributed by atoms with Crippen LogP contribution in [0.3, 0.4) is 0 Å². The van der Waals surface area contributed by atoms with Gasteiger partial charge in [0.2, 0.25) is 0 Å². The highest BCUT2D eigenvalue weighted by atomic mass is 16.6. The second kappa shape index (κ2) is 4.44. The van der Waals surface area contributed by atoms with E-state index in [2.05, 4.69) is 5.32 Å². The van der Waals surface area contributed by atoms with Crippen LogP contribution in [0.5, 0.6) is 0 Å². The number of hydrogen-bond donors (Lipinski definition) is 2. The Bertz CT molecular complexity index is 350. The number of carboxylic acids is 1. The van der Waals surface area contributed by atoms with Crippen LogP contribution in [0.4, 0.5) is 4.79 Å². The minimum atomic E-state index is -0.966. The monoisotopic (exact) mass is 255 g/mol. The Morgan fingerprint density at radius 1 is 1.22 bits per heavy atom. The summed E-state index contributed by atoms with van der Waals surface area (Å²) in [5, 5.41) is 11.7. The molecule has 2 rings (SSSR count). The second-order valence-corrected chi connectivity index (χ2v) is 6.45. The van der Waals surface area contributed by atoms with E-state index >= 15 is 0 Å². The van der Waals surface area contributed by atoms with E-state index in [1.54, 1.807) is 20.8 Å². The zero-order valence-corrected chi connectivity index (χ0v) is 11.1. The summed E-state index contributed by atoms with van der Waals surface area (Å²) in [5.41, 5.74) is -0.606. The lowest BCUT2D eigenvalue weighted by molar-refractivity contribution is -0.141. The predicted molar refractivity (Wildman–Crippen MR) is 65.1 cm³/mol. The van der Waals surface area contributed by atoms with Gasteiger partial charge in [0.25, 0.3) is 0 Å². The third kappa shape index (κ3) is 3.15. The SMILES string of the molecule is CC(C)(C)OC(=O)NC(C(=O)O)[C@@H]1C[C@@H]2C[C@@H]2C1. The summed E-state index contributed by atoms with van der Waals surface area (Å²) < 4.78 is 5.10. The van der Waals surface area contributed by atoms with Crippen molar-refractivity contribution in [3.05, 3.63) is 0 Å². The number of aliphatic carboxylic acids is 1. The number of carbonyl (C=O) groups is 2. The Morgan fingerprint density at radius 2 is 1.78 bits per heavy atom. The molecule has 2 saturated carbocycles. The zero-order valence-electron chi connectivity index (χ0n) is 11.1. The molecule has 18 heavy (non-hydrogen) atoms. The number of nitrogens with one attached hydrogen (secondary N) is 1. The topological polar surface area (TPSA) is 75.6 Å². The maximum atomic E-state index is 11.6. The average Bonchev–Trinajstić information content (AvgIpc) is 2.79. The Hall–Kier alpha value is -1.26. The molecule has 5 nitrogen and oxygen atoms in total. The smallest absolute Gasteiger partial charge is 0.408 e. The van der Waals surface area contributed by atoms with Gasteiger partial charge in [-0.3, -0.25) is 0 Å². The summed E-state index contributed by atoms with van der Waals surface area (Å²) >= 11 is 0. The van der Waals surface area contributed by atoms with Crippen LogP contribution in [-0.2, 0) is 9.53 Å². The molecule has 0 spiro atoms. The molecule has 1 unspecified atom stereocenters. The first-order valence-corrected chi connectivity index (χ1v) is 6.48. The third-order valence-electron chi connectivity index (χ3n) is 3.69. The number of amides is 1. The standard InChI is InChI=1S/C13H21NO4/c1-13(2,3)18-12(17)14-10(11(15)16)9-5-7-4-8(7)6-9/h7-10H,4-6H2,1-3H3,(H,14,17)(H,15,16)/t7-,8+,9+,10?. The van der Waals surface area contributed by atoms with E-state index in [0.717, 1.165) is 12.8 Å². The molecule has 2 N–H and O–H groups in total. The van der Waals surface area contributed by atoms with Crippen LogP contribution in [0, 0.1) is 17.8 Å². The highest BCUT2D eigenvalue weighted by Gasteiger charge is 2.49. The van der Waals surface area contributed by atoms with E-state index in [-0.39, 0.29) is 5.92 Å². The van der Waals surface area contributed by atoms with Crippen LogP contribution in [0.15, 0.2) is 0 Å². The molecule has 0 aromatic heterocycles. The summed E-state index contributed by atoms with van der Waals surface area (Å²) in [6, 6.07) is -0.812. The number of carbonyl (C=O) groups excluding carboxylic acids is 1. The van der Waals surface area contributed by atoms with Crippen molar-refractivity contribution in [1.29, 1.82) is 0 Å². The predicted octanol–water partition coefficient (Wildman–Crippen LogP) is 2.01. The molecule has 0 aliphatic heterocycles. The minimum absolute atomic E-state index is 0.0544. The van der Waals surface area contributed by atoms with Crippen molar-refractivity contribution in [2.45, 2.75) is 51.7 Å². The van der Waals surface area contributed by atoms with E-state index in [0.29, 0.717) is 11.8 Å². The van der Waals surface area contributed by atoms with Crippen molar-refractivity contribution in [1.82, 2.24) is 5.32 Å². The molecule has 0 bridgehead atoms. The van der Waals surface area contributed by atoms with Gasteiger partial charge in [-0.25, -0.2) is 9.59 Å². The molecule has 2 fully saturated rings. The number of fused-ring (bicyclic) bond motifs is 1. The van der Waals surface area contributed by atoms with Crippen LogP contribution < -0.4 is 5.32 Å². The normalized spacial score (nSPS) is 31.4. The maximum Gasteiger partial charge on any atom is 0.408 e. The molecule has 0 aromatic carbocycles. The minimum Gasteiger partial charge on any atom is -0.480 e. The quantitative estimate of drug-likeness (QED) is 0.809. The van der Waals surface area contributed by atoms with E-state index in [4.69, 9.17) is 4.74 Å². The fourth-order valence-electron chi connectivity index (χ4n) is 2.85. The van der Waals surface area contributed by atoms with Crippen molar-refractivity contribution in [2.24, 2.45) is 17.8 Å². The lowest BCUT2D eigenvalue weighted by Crippen LogP contribution is -2.47. The number of hydrogen-bond acceptors (Lipinski definition) is 3. The lowest BCUT2D eigenvalue weighted by atomic mass is 9.94. The zero-order chi connectivity index (χ0) is 13.5. The van der Waals surface area contributed by atoms with Gasteiger partial charge >= 0.3 is 12.1 Å². The van der Waals surface area contributed by atoms with Crippen molar-refractivity contribution < 1.29 is 19.4 Å². The molecule has 0 heterocycles. The molecule has 102 valence electrons. The van der Waals surface area contributed by atoms with E-state index in [1.165, 1.54) is 6.42 Å². The van der Waals surface area contributed by atoms with Crippen LogP contribution >= 0.6 is 0 Å². The molecule has 1 amide bonds. The van der Waals surface area contributed by atoms with Crippen molar-refractivity contribution in [3.63, 3.8) is 0 Å². The number of rotatable bonds is 3. The van der Waals surface area contributed by atoms with Gasteiger partial charge in [0.1, 0.15) is 11.6 Å². The Kier molecular flexibility index (Phi) is 3.25. The van der Waals surface area contributed by atoms with Gasteiger partial charge in [0, 0.05) is 0 Å². The van der Waals surface area contributed by atoms with Gasteiger partial charge in [-0.15, -0.1) is 0 Å². The molecule has 2 aliphatic rings. The van der Waals surface area contributed by atoms with Crippen LogP contribution in [0.1, 0.15) is 40.0 Å². The van der Waals surface area contributed by atoms with Crippen molar-refractivity contribution >= 4 is 12.1 Å². The lowest BCUT2D eigenvalue weighted by Gasteiger charge is -2.25. The number of carboxylic acid groups (broad SMARTS) is 1. The molecule has 0 radical (unpaired) electrons. The first-order chi connectivity index (χ1) is 8.26. The molecular weight excluding hydrogens is 234 g/mol. The van der Waals surface area contributed by atoms with Crippen molar-refractivity contribution in [3.8, 4) is 0 Å². The van der Waals surface area contributed by atoms with Gasteiger partial charge in [-0.1, -0.05) is 0 Å². The highest BCUT2D eigenvalue weighted by Crippen LogP contribution is 2.55. The first kappa shape index (κ1) is 13.2. The summed E-state index contributed by atoms with van der Waals surface area (Å²) in [6.45, 7) is 5.27. The Labute approximate surface area is 107 Å². The molecule has 4 atom stereocenters. The largest absolute Gasteiger partial charge is 0.480 e. The van der Waals surface area contributed by atoms with Gasteiger partial charge < -0.3 is 15.2 Å². The second-order valence-electron chi connectivity index (χ2n) is 6.45. The third-order valence-corrected chi connectivity index (χ3v) is 3.69. The Balaban J connectivity index is 1.90. The summed E-state index contributed by atoms with van der Waals surface area (Å²) in [4.78, 5) is 22.9. The fraction of sp³-hybridized carbons (Fsp3) is 0.846. The van der Waals surface area contributed by atoms with E-state index in [1.807, 2.05) is 0 Å². The molecule has 0 saturated heterocycles. The van der Waals surface area contributed by atoms with E-state index in [9.17, 15) is 14.7 Å². The molecule has 2 aliphatic carbocycles. The summed E-state index contributed by atoms with van der Waals surface area (Å²) in [7, 11) is 0. The maximum absolute atomic E-state index is 11.6. The van der Waals surface area contributed by atoms with Gasteiger partial charge in [-0.2, -0.15) is 0 Å². The number of alkyl carbamates (subject to hydrolysis) is 1. The Morgan fingerprint density at radius 3 is 2.22 bits per heavy atom. The van der Waals surface area contributed by atoms with Gasteiger partial charge in [-0.05, 0) is 57.8 Å². The van der Waals surface area contributed by atoms with E-state index < -0.39 is 23.7 Å². The molecular formula is C13H21NO4. The van der Waals surface area contributed by atoms with Gasteiger partial charge in [0.15, 0.2) is 0 Å². The van der Waals surface area contributed by atoms with Crippen LogP contribution in [-0.4, -0.2) is 28.8 Å². The summed E-state index contributed by atoms with van der Waals surface area (Å²) in [6.07, 6.45) is 2.42. The summed E-state index contributed by atoms with van der Waals surface area (Å²) in [5.74, 6) is 0.473. The molecule has 5 heteroatoms. The first-order valence-electron chi connectivity index (χ1n) is 6.48. The fourth-order valence-corrected chi connectivity index (χ4v) is 2.85. The van der Waals surface area contributed by atoms with Crippen LogP contribution in [0.25, 0.3) is 0 Å². The van der Waals surface area contributed by atoms with Gasteiger partial charge in [0.05, 0.1) is 0 Å². The van der Waals surface area contributed by atoms with Crippen molar-refractivity contribution in [2.75, 3.05) is 0 Å². The highest BCUT2D eigenvalue weighted by molar-refractivity contribution is 5.80.